The fraction of sp³-hybridized carbons (Fsp3) is 0.312. The molecular weight excluding hydrogens is 321 g/mol. The number of hydrogen-bond donors (Lipinski definition) is 1. The second kappa shape index (κ2) is 6.73. The van der Waals surface area contributed by atoms with E-state index in [2.05, 4.69) is 15.3 Å². The monoisotopic (exact) mass is 335 g/mol. The second-order valence-electron chi connectivity index (χ2n) is 5.40. The average molecular weight is 336 g/mol. The van der Waals surface area contributed by atoms with Gasteiger partial charge in [0.15, 0.2) is 5.78 Å². The first-order valence-corrected chi connectivity index (χ1v) is 7.90. The van der Waals surface area contributed by atoms with Gasteiger partial charge in [0, 0.05) is 12.0 Å². The quantitative estimate of drug-likeness (QED) is 0.867. The minimum absolute atomic E-state index is 0.0532. The number of hydrogen-bond acceptors (Lipinski definition) is 4. The van der Waals surface area contributed by atoms with E-state index in [1.54, 1.807) is 18.2 Å². The number of benzene rings is 1. The molecule has 0 radical (unpaired) electrons. The molecule has 1 unspecified atom stereocenters. The van der Waals surface area contributed by atoms with Crippen LogP contribution in [0.2, 0.25) is 10.0 Å². The largest absolute Gasteiger partial charge is 0.316 e. The van der Waals surface area contributed by atoms with Crippen LogP contribution in [0.5, 0.6) is 0 Å². The molecule has 1 aliphatic rings. The van der Waals surface area contributed by atoms with Crippen molar-refractivity contribution in [1.29, 1.82) is 0 Å². The Kier molecular flexibility index (Phi) is 4.71. The van der Waals surface area contributed by atoms with Crippen LogP contribution < -0.4 is 5.32 Å². The predicted octanol–water partition coefficient (Wildman–Crippen LogP) is 3.63. The Balaban J connectivity index is 1.82. The first kappa shape index (κ1) is 15.4. The Morgan fingerprint density at radius 3 is 2.82 bits per heavy atom. The molecule has 114 valence electrons. The summed E-state index contributed by atoms with van der Waals surface area (Å²) in [6, 6.07) is 6.99. The van der Waals surface area contributed by atoms with Crippen molar-refractivity contribution in [3.63, 3.8) is 0 Å². The molecule has 0 saturated carbocycles. The van der Waals surface area contributed by atoms with E-state index in [1.165, 1.54) is 6.33 Å². The van der Waals surface area contributed by atoms with Crippen molar-refractivity contribution < 1.29 is 4.79 Å². The third kappa shape index (κ3) is 3.46. The van der Waals surface area contributed by atoms with Crippen LogP contribution in [0.25, 0.3) is 11.3 Å². The van der Waals surface area contributed by atoms with E-state index in [0.29, 0.717) is 33.8 Å². The van der Waals surface area contributed by atoms with Gasteiger partial charge in [0.2, 0.25) is 0 Å². The lowest BCUT2D eigenvalue weighted by atomic mass is 9.99. The summed E-state index contributed by atoms with van der Waals surface area (Å²) in [4.78, 5) is 20.7. The maximum atomic E-state index is 12.3. The van der Waals surface area contributed by atoms with Gasteiger partial charge < -0.3 is 5.32 Å². The summed E-state index contributed by atoms with van der Waals surface area (Å²) >= 11 is 12.0. The SMILES string of the molecule is O=C(CC1CCNC1)c1cc(-c2ccc(Cl)c(Cl)c2)ncn1. The highest BCUT2D eigenvalue weighted by Crippen LogP contribution is 2.27. The fourth-order valence-electron chi connectivity index (χ4n) is 2.58. The van der Waals surface area contributed by atoms with Crippen molar-refractivity contribution in [1.82, 2.24) is 15.3 Å². The van der Waals surface area contributed by atoms with Crippen LogP contribution in [-0.2, 0) is 0 Å². The first-order chi connectivity index (χ1) is 10.6. The normalized spacial score (nSPS) is 17.6. The summed E-state index contributed by atoms with van der Waals surface area (Å²) in [5.74, 6) is 0.452. The van der Waals surface area contributed by atoms with E-state index < -0.39 is 0 Å². The van der Waals surface area contributed by atoms with Crippen LogP contribution in [-0.4, -0.2) is 28.8 Å². The maximum Gasteiger partial charge on any atom is 0.181 e. The number of Topliss-reactive ketones (excluding diaryl/α,β-unsaturated/α-hetero) is 1. The summed E-state index contributed by atoms with van der Waals surface area (Å²) in [5, 5.41) is 4.22. The molecule has 0 aliphatic carbocycles. The highest BCUT2D eigenvalue weighted by atomic mass is 35.5. The minimum atomic E-state index is 0.0532. The van der Waals surface area contributed by atoms with Gasteiger partial charge in [0.1, 0.15) is 12.0 Å². The zero-order valence-corrected chi connectivity index (χ0v) is 13.4. The van der Waals surface area contributed by atoms with E-state index in [0.717, 1.165) is 25.1 Å². The molecule has 4 nitrogen and oxygen atoms in total. The standard InChI is InChI=1S/C16H15Cl2N3O/c17-12-2-1-11(6-13(12)18)14-7-15(21-9-20-14)16(22)5-10-3-4-19-8-10/h1-2,6-7,9-10,19H,3-5,8H2. The minimum Gasteiger partial charge on any atom is -0.316 e. The molecule has 22 heavy (non-hydrogen) atoms. The van der Waals surface area contributed by atoms with Crippen LogP contribution in [0, 0.1) is 5.92 Å². The van der Waals surface area contributed by atoms with Crippen LogP contribution >= 0.6 is 23.2 Å². The van der Waals surface area contributed by atoms with Crippen molar-refractivity contribution in [3.05, 3.63) is 46.3 Å². The third-order valence-corrected chi connectivity index (χ3v) is 4.54. The van der Waals surface area contributed by atoms with E-state index >= 15 is 0 Å². The number of carbonyl (C=O) groups excluding carboxylic acids is 1. The summed E-state index contributed by atoms with van der Waals surface area (Å²) in [5.41, 5.74) is 1.93. The van der Waals surface area contributed by atoms with Gasteiger partial charge in [0.25, 0.3) is 0 Å². The zero-order valence-electron chi connectivity index (χ0n) is 11.9. The summed E-state index contributed by atoms with van der Waals surface area (Å²) < 4.78 is 0. The number of rotatable bonds is 4. The molecule has 1 aromatic heterocycles. The first-order valence-electron chi connectivity index (χ1n) is 7.15. The van der Waals surface area contributed by atoms with Gasteiger partial charge in [-0.3, -0.25) is 4.79 Å². The van der Waals surface area contributed by atoms with Crippen molar-refractivity contribution >= 4 is 29.0 Å². The van der Waals surface area contributed by atoms with Gasteiger partial charge in [0.05, 0.1) is 15.7 Å². The highest BCUT2D eigenvalue weighted by Gasteiger charge is 2.20. The maximum absolute atomic E-state index is 12.3. The summed E-state index contributed by atoms with van der Waals surface area (Å²) in [6.45, 7) is 1.88. The smallest absolute Gasteiger partial charge is 0.181 e. The van der Waals surface area contributed by atoms with E-state index in [-0.39, 0.29) is 5.78 Å². The lowest BCUT2D eigenvalue weighted by Gasteiger charge is -2.08. The molecule has 1 fully saturated rings. The van der Waals surface area contributed by atoms with Gasteiger partial charge >= 0.3 is 0 Å². The Bertz CT molecular complexity index is 700. The zero-order chi connectivity index (χ0) is 15.5. The van der Waals surface area contributed by atoms with Crippen molar-refractivity contribution in [2.24, 2.45) is 5.92 Å². The van der Waals surface area contributed by atoms with Crippen molar-refractivity contribution in [2.75, 3.05) is 13.1 Å². The highest BCUT2D eigenvalue weighted by molar-refractivity contribution is 6.42. The van der Waals surface area contributed by atoms with Crippen LogP contribution in [0.4, 0.5) is 0 Å². The van der Waals surface area contributed by atoms with Gasteiger partial charge in [-0.05, 0) is 43.6 Å². The molecule has 2 heterocycles. The topological polar surface area (TPSA) is 54.9 Å². The molecule has 1 N–H and O–H groups in total. The van der Waals surface area contributed by atoms with Gasteiger partial charge in [-0.25, -0.2) is 9.97 Å². The average Bonchev–Trinajstić information content (AvgIpc) is 3.03. The van der Waals surface area contributed by atoms with Gasteiger partial charge in [-0.1, -0.05) is 29.3 Å². The lowest BCUT2D eigenvalue weighted by molar-refractivity contribution is 0.0959. The number of halogens is 2. The summed E-state index contributed by atoms with van der Waals surface area (Å²) in [6.07, 6.45) is 2.97. The number of ketones is 1. The van der Waals surface area contributed by atoms with Gasteiger partial charge in [-0.15, -0.1) is 0 Å². The molecule has 1 aliphatic heterocycles. The third-order valence-electron chi connectivity index (χ3n) is 3.80. The number of carbonyl (C=O) groups is 1. The van der Waals surface area contributed by atoms with Crippen LogP contribution in [0.1, 0.15) is 23.3 Å². The van der Waals surface area contributed by atoms with Crippen LogP contribution in [0.15, 0.2) is 30.6 Å². The predicted molar refractivity (Wildman–Crippen MR) is 87.4 cm³/mol. The second-order valence-corrected chi connectivity index (χ2v) is 6.22. The Morgan fingerprint density at radius 1 is 1.23 bits per heavy atom. The Labute approximate surface area is 138 Å². The van der Waals surface area contributed by atoms with E-state index in [4.69, 9.17) is 23.2 Å². The fourth-order valence-corrected chi connectivity index (χ4v) is 2.88. The van der Waals surface area contributed by atoms with Crippen LogP contribution in [0.3, 0.4) is 0 Å². The molecule has 6 heteroatoms. The number of aromatic nitrogens is 2. The molecule has 1 saturated heterocycles. The van der Waals surface area contributed by atoms with E-state index in [1.807, 2.05) is 6.07 Å². The van der Waals surface area contributed by atoms with Gasteiger partial charge in [-0.2, -0.15) is 0 Å². The molecule has 1 atom stereocenters. The molecule has 2 aromatic rings. The molecule has 1 aromatic carbocycles. The molecule has 0 spiro atoms. The molecule has 0 bridgehead atoms. The summed E-state index contributed by atoms with van der Waals surface area (Å²) in [7, 11) is 0. The number of nitrogens with zero attached hydrogens (tertiary/aromatic N) is 2. The Hall–Kier alpha value is -1.49. The molecular formula is C16H15Cl2N3O. The Morgan fingerprint density at radius 2 is 2.09 bits per heavy atom. The van der Waals surface area contributed by atoms with E-state index in [9.17, 15) is 4.79 Å². The molecule has 0 amide bonds. The number of nitrogens with one attached hydrogen (secondary N) is 1. The lowest BCUT2D eigenvalue weighted by Crippen LogP contribution is -2.13. The van der Waals surface area contributed by atoms with Crippen molar-refractivity contribution in [2.45, 2.75) is 12.8 Å². The van der Waals surface area contributed by atoms with Crippen molar-refractivity contribution in [3.8, 4) is 11.3 Å². The molecule has 3 rings (SSSR count).